The van der Waals surface area contributed by atoms with Gasteiger partial charge in [-0.1, -0.05) is 17.8 Å². The van der Waals surface area contributed by atoms with Crippen LogP contribution < -0.4 is 15.4 Å². The molecule has 0 radical (unpaired) electrons. The van der Waals surface area contributed by atoms with Crippen LogP contribution in [0.2, 0.25) is 0 Å². The highest BCUT2D eigenvalue weighted by Crippen LogP contribution is 2.35. The van der Waals surface area contributed by atoms with Crippen molar-refractivity contribution in [2.24, 2.45) is 4.99 Å². The number of aryl methyl sites for hydroxylation is 1. The molecule has 2 N–H and O–H groups in total. The molecule has 0 saturated carbocycles. The van der Waals surface area contributed by atoms with E-state index in [2.05, 4.69) is 15.6 Å². The monoisotopic (exact) mass is 445 g/mol. The highest BCUT2D eigenvalue weighted by Gasteiger charge is 2.42. The molecule has 2 aromatic rings. The smallest absolute Gasteiger partial charge is 0.255 e. The second kappa shape index (κ2) is 8.31. The van der Waals surface area contributed by atoms with Gasteiger partial charge in [0, 0.05) is 22.2 Å². The number of anilines is 2. The molecule has 0 spiro atoms. The zero-order valence-electron chi connectivity index (χ0n) is 16.7. The Hall–Kier alpha value is -2.52. The summed E-state index contributed by atoms with van der Waals surface area (Å²) in [6, 6.07) is 12.5. The fourth-order valence-corrected chi connectivity index (χ4v) is 7.10. The molecule has 0 aromatic heterocycles. The molecule has 1 fully saturated rings. The number of nitrogens with zero attached hydrogens (tertiary/aromatic N) is 1. The summed E-state index contributed by atoms with van der Waals surface area (Å²) in [5.41, 5.74) is 2.95. The summed E-state index contributed by atoms with van der Waals surface area (Å²) in [6.07, 6.45) is 0. The summed E-state index contributed by atoms with van der Waals surface area (Å²) < 4.78 is 28.9. The maximum absolute atomic E-state index is 12.7. The lowest BCUT2D eigenvalue weighted by atomic mass is 10.1. The molecule has 2 aromatic carbocycles. The lowest BCUT2D eigenvalue weighted by Crippen LogP contribution is -2.14. The van der Waals surface area contributed by atoms with Gasteiger partial charge in [-0.25, -0.2) is 8.42 Å². The Kier molecular flexibility index (Phi) is 5.75. The first kappa shape index (κ1) is 20.7. The number of amidine groups is 1. The van der Waals surface area contributed by atoms with Gasteiger partial charge >= 0.3 is 0 Å². The Bertz CT molecular complexity index is 1100. The number of hydrogen-bond acceptors (Lipinski definition) is 7. The average Bonchev–Trinajstić information content (AvgIpc) is 3.17. The minimum absolute atomic E-state index is 0.0241. The van der Waals surface area contributed by atoms with Crippen molar-refractivity contribution in [3.05, 3.63) is 53.6 Å². The number of amides is 1. The minimum Gasteiger partial charge on any atom is -0.494 e. The van der Waals surface area contributed by atoms with Crippen molar-refractivity contribution in [3.8, 4) is 5.75 Å². The highest BCUT2D eigenvalue weighted by atomic mass is 32.2. The van der Waals surface area contributed by atoms with Gasteiger partial charge in [0.1, 0.15) is 5.75 Å². The number of hydrogen-bond donors (Lipinski definition) is 2. The Balaban J connectivity index is 1.45. The number of carbonyl (C=O) groups is 1. The van der Waals surface area contributed by atoms with Gasteiger partial charge in [0.05, 0.1) is 24.2 Å². The number of ether oxygens (including phenoxy) is 1. The third kappa shape index (κ3) is 4.62. The normalized spacial score (nSPS) is 21.6. The fourth-order valence-electron chi connectivity index (χ4n) is 3.43. The molecule has 158 valence electrons. The lowest BCUT2D eigenvalue weighted by Gasteiger charge is -2.12. The third-order valence-corrected chi connectivity index (χ3v) is 8.12. The number of benzene rings is 2. The maximum Gasteiger partial charge on any atom is 0.255 e. The first-order valence-corrected chi connectivity index (χ1v) is 12.4. The number of rotatable bonds is 5. The molecule has 2 aliphatic rings. The molecule has 0 unspecified atom stereocenters. The fraction of sp³-hybridized carbons (Fsp3) is 0.333. The summed E-state index contributed by atoms with van der Waals surface area (Å²) >= 11 is 1.46. The van der Waals surface area contributed by atoms with Crippen molar-refractivity contribution < 1.29 is 17.9 Å². The lowest BCUT2D eigenvalue weighted by molar-refractivity contribution is 0.102. The standard InChI is InChI=1S/C21H23N3O4S2/c1-3-28-16-8-6-15(7-9-16)22-20(25)14-5-4-13(2)17(10-14)23-21-24-18-11-30(26,27)12-19(18)29-21/h4-10,18-19H,3,11-12H2,1-2H3,(H,22,25)(H,23,24)/t18-,19+/m1/s1. The second-order valence-corrected chi connectivity index (χ2v) is 10.7. The van der Waals surface area contributed by atoms with E-state index in [1.165, 1.54) is 11.8 Å². The van der Waals surface area contributed by atoms with Gasteiger partial charge in [0.25, 0.3) is 5.91 Å². The van der Waals surface area contributed by atoms with E-state index in [4.69, 9.17) is 4.74 Å². The van der Waals surface area contributed by atoms with Gasteiger partial charge in [-0.15, -0.1) is 0 Å². The van der Waals surface area contributed by atoms with E-state index in [0.29, 0.717) is 23.0 Å². The zero-order chi connectivity index (χ0) is 21.3. The number of thioether (sulfide) groups is 1. The van der Waals surface area contributed by atoms with Gasteiger partial charge in [0.15, 0.2) is 15.0 Å². The van der Waals surface area contributed by atoms with Crippen molar-refractivity contribution in [3.63, 3.8) is 0 Å². The van der Waals surface area contributed by atoms with Gasteiger partial charge in [-0.3, -0.25) is 9.79 Å². The van der Waals surface area contributed by atoms with E-state index in [9.17, 15) is 13.2 Å². The summed E-state index contributed by atoms with van der Waals surface area (Å²) in [4.78, 5) is 17.2. The van der Waals surface area contributed by atoms with E-state index in [-0.39, 0.29) is 28.7 Å². The minimum atomic E-state index is -2.98. The van der Waals surface area contributed by atoms with E-state index in [0.717, 1.165) is 17.0 Å². The predicted octanol–water partition coefficient (Wildman–Crippen LogP) is 3.33. The molecular weight excluding hydrogens is 422 g/mol. The van der Waals surface area contributed by atoms with Gasteiger partial charge in [-0.05, 0) is 55.8 Å². The van der Waals surface area contributed by atoms with Crippen LogP contribution in [0.3, 0.4) is 0 Å². The van der Waals surface area contributed by atoms with Crippen molar-refractivity contribution in [2.75, 3.05) is 28.7 Å². The van der Waals surface area contributed by atoms with Crippen LogP contribution in [0, 0.1) is 6.92 Å². The molecule has 0 bridgehead atoms. The summed E-state index contributed by atoms with van der Waals surface area (Å²) in [5, 5.41) is 6.83. The Morgan fingerprint density at radius 3 is 2.67 bits per heavy atom. The molecule has 30 heavy (non-hydrogen) atoms. The first-order chi connectivity index (χ1) is 14.3. The Morgan fingerprint density at radius 2 is 1.97 bits per heavy atom. The van der Waals surface area contributed by atoms with Crippen molar-refractivity contribution in [2.45, 2.75) is 25.1 Å². The molecule has 2 aliphatic heterocycles. The van der Waals surface area contributed by atoms with Crippen molar-refractivity contribution >= 4 is 44.0 Å². The SMILES string of the molecule is CCOc1ccc(NC(=O)c2ccc(C)c(NC3=N[C@@H]4CS(=O)(=O)C[C@@H]4S3)c2)cc1. The molecule has 2 atom stereocenters. The van der Waals surface area contributed by atoms with E-state index < -0.39 is 9.84 Å². The van der Waals surface area contributed by atoms with Gasteiger partial charge in [0.2, 0.25) is 0 Å². The summed E-state index contributed by atoms with van der Waals surface area (Å²) in [6.45, 7) is 4.45. The molecule has 1 amide bonds. The maximum atomic E-state index is 12.7. The Morgan fingerprint density at radius 1 is 1.20 bits per heavy atom. The number of aliphatic imine (C=N–C) groups is 1. The predicted molar refractivity (Wildman–Crippen MR) is 122 cm³/mol. The van der Waals surface area contributed by atoms with E-state index in [1.807, 2.05) is 32.0 Å². The van der Waals surface area contributed by atoms with Crippen LogP contribution >= 0.6 is 11.8 Å². The first-order valence-electron chi connectivity index (χ1n) is 9.70. The van der Waals surface area contributed by atoms with Crippen LogP contribution in [0.4, 0.5) is 11.4 Å². The van der Waals surface area contributed by atoms with Crippen LogP contribution in [0.25, 0.3) is 0 Å². The number of fused-ring (bicyclic) bond motifs is 1. The molecule has 0 aliphatic carbocycles. The second-order valence-electron chi connectivity index (χ2n) is 7.30. The zero-order valence-corrected chi connectivity index (χ0v) is 18.3. The van der Waals surface area contributed by atoms with Crippen molar-refractivity contribution in [1.82, 2.24) is 0 Å². The van der Waals surface area contributed by atoms with Crippen LogP contribution in [-0.4, -0.2) is 48.9 Å². The molecule has 9 heteroatoms. The molecule has 2 heterocycles. The summed E-state index contributed by atoms with van der Waals surface area (Å²) in [7, 11) is -2.98. The average molecular weight is 446 g/mol. The van der Waals surface area contributed by atoms with Gasteiger partial charge in [-0.2, -0.15) is 0 Å². The third-order valence-electron chi connectivity index (χ3n) is 4.98. The Labute approximate surface area is 180 Å². The topological polar surface area (TPSA) is 96.9 Å². The van der Waals surface area contributed by atoms with E-state index in [1.54, 1.807) is 24.3 Å². The molecule has 7 nitrogen and oxygen atoms in total. The quantitative estimate of drug-likeness (QED) is 0.733. The van der Waals surface area contributed by atoms with Crippen LogP contribution in [-0.2, 0) is 9.84 Å². The number of carbonyl (C=O) groups excluding carboxylic acids is 1. The van der Waals surface area contributed by atoms with Crippen LogP contribution in [0.15, 0.2) is 47.5 Å². The highest BCUT2D eigenvalue weighted by molar-refractivity contribution is 8.15. The van der Waals surface area contributed by atoms with Gasteiger partial charge < -0.3 is 15.4 Å². The van der Waals surface area contributed by atoms with Crippen molar-refractivity contribution in [1.29, 1.82) is 0 Å². The van der Waals surface area contributed by atoms with Crippen LogP contribution in [0.5, 0.6) is 5.75 Å². The number of nitrogens with one attached hydrogen (secondary N) is 2. The largest absolute Gasteiger partial charge is 0.494 e. The molecule has 1 saturated heterocycles. The summed E-state index contributed by atoms with van der Waals surface area (Å²) in [5.74, 6) is 0.816. The van der Waals surface area contributed by atoms with E-state index >= 15 is 0 Å². The van der Waals surface area contributed by atoms with Crippen LogP contribution in [0.1, 0.15) is 22.8 Å². The number of sulfone groups is 1. The molecule has 4 rings (SSSR count). The molecular formula is C21H23N3O4S2.